The summed E-state index contributed by atoms with van der Waals surface area (Å²) in [6.45, 7) is 4.12. The van der Waals surface area contributed by atoms with Crippen molar-refractivity contribution in [2.45, 2.75) is 25.3 Å². The molecule has 4 N–H and O–H groups in total. The number of hydrogen-bond acceptors (Lipinski definition) is 4. The molecule has 1 fully saturated rings. The topological polar surface area (TPSA) is 63.0 Å². The first-order chi connectivity index (χ1) is 11.6. The molecule has 0 amide bonds. The number of aromatic nitrogens is 1. The van der Waals surface area contributed by atoms with Gasteiger partial charge < -0.3 is 16.4 Å². The minimum Gasteiger partial charge on any atom is -0.384 e. The van der Waals surface area contributed by atoms with Gasteiger partial charge in [0.2, 0.25) is 0 Å². The van der Waals surface area contributed by atoms with Crippen LogP contribution in [0.2, 0.25) is 5.02 Å². The van der Waals surface area contributed by atoms with Gasteiger partial charge in [-0.3, -0.25) is 0 Å². The molecule has 1 saturated heterocycles. The molecule has 5 heteroatoms. The van der Waals surface area contributed by atoms with Crippen LogP contribution in [0.15, 0.2) is 30.5 Å². The number of pyridine rings is 1. The van der Waals surface area contributed by atoms with Crippen molar-refractivity contribution in [2.24, 2.45) is 0 Å². The van der Waals surface area contributed by atoms with Crippen molar-refractivity contribution >= 4 is 29.2 Å². The maximum Gasteiger partial charge on any atom is 0.123 e. The first-order valence-electron chi connectivity index (χ1n) is 8.30. The lowest BCUT2D eigenvalue weighted by atomic mass is 9.86. The van der Waals surface area contributed by atoms with Gasteiger partial charge in [-0.1, -0.05) is 29.8 Å². The third kappa shape index (κ3) is 2.76. The summed E-state index contributed by atoms with van der Waals surface area (Å²) in [4.78, 5) is 4.27. The van der Waals surface area contributed by atoms with E-state index in [1.165, 1.54) is 16.8 Å². The zero-order valence-corrected chi connectivity index (χ0v) is 14.4. The summed E-state index contributed by atoms with van der Waals surface area (Å²) >= 11 is 6.51. The van der Waals surface area contributed by atoms with Crippen molar-refractivity contribution in [3.05, 3.63) is 57.0 Å². The second kappa shape index (κ2) is 6.11. The predicted octanol–water partition coefficient (Wildman–Crippen LogP) is 1.26. The number of halogens is 1. The highest BCUT2D eigenvalue weighted by molar-refractivity contribution is 6.31. The fourth-order valence-corrected chi connectivity index (χ4v) is 3.92. The highest BCUT2D eigenvalue weighted by Gasteiger charge is 2.23. The number of nitrogens with two attached hydrogens (primary N) is 1. The highest BCUT2D eigenvalue weighted by atomic mass is 35.5. The summed E-state index contributed by atoms with van der Waals surface area (Å²) < 4.78 is 0. The van der Waals surface area contributed by atoms with Crippen molar-refractivity contribution in [2.75, 3.05) is 18.8 Å². The molecule has 1 aliphatic heterocycles. The maximum absolute atomic E-state index is 6.51. The van der Waals surface area contributed by atoms with Gasteiger partial charge in [0.15, 0.2) is 0 Å². The predicted molar refractivity (Wildman–Crippen MR) is 99.1 cm³/mol. The van der Waals surface area contributed by atoms with Crippen molar-refractivity contribution in [3.8, 4) is 0 Å². The van der Waals surface area contributed by atoms with Crippen molar-refractivity contribution in [1.82, 2.24) is 15.6 Å². The van der Waals surface area contributed by atoms with Gasteiger partial charge in [0.25, 0.3) is 0 Å². The van der Waals surface area contributed by atoms with Crippen molar-refractivity contribution < 1.29 is 0 Å². The Balaban J connectivity index is 1.83. The van der Waals surface area contributed by atoms with E-state index in [4.69, 9.17) is 17.3 Å². The Labute approximate surface area is 146 Å². The molecule has 2 aromatic rings. The van der Waals surface area contributed by atoms with Crippen LogP contribution in [-0.4, -0.2) is 24.1 Å². The summed E-state index contributed by atoms with van der Waals surface area (Å²) in [6, 6.07) is 8.54. The molecule has 0 radical (unpaired) electrons. The van der Waals surface area contributed by atoms with Crippen LogP contribution < -0.4 is 26.8 Å². The van der Waals surface area contributed by atoms with Crippen LogP contribution in [0, 0.1) is 6.92 Å². The molecule has 0 bridgehead atoms. The number of fused-ring (bicyclic) bond motifs is 1. The second-order valence-corrected chi connectivity index (χ2v) is 7.03. The summed E-state index contributed by atoms with van der Waals surface area (Å²) in [5, 5.41) is 10.1. The quantitative estimate of drug-likeness (QED) is 0.787. The van der Waals surface area contributed by atoms with Crippen LogP contribution in [0.3, 0.4) is 0 Å². The fourth-order valence-electron chi connectivity index (χ4n) is 3.56. The SMILES string of the molecule is Cc1cccc(Cl)c1C1C=c2cnc(N)cc2=C(NC2CNC2)C1. The lowest BCUT2D eigenvalue weighted by Gasteiger charge is -2.32. The van der Waals surface area contributed by atoms with Gasteiger partial charge in [0.1, 0.15) is 5.82 Å². The molecule has 1 atom stereocenters. The first-order valence-corrected chi connectivity index (χ1v) is 8.68. The molecule has 1 unspecified atom stereocenters. The third-order valence-electron chi connectivity index (χ3n) is 4.89. The number of rotatable bonds is 3. The molecule has 24 heavy (non-hydrogen) atoms. The third-order valence-corrected chi connectivity index (χ3v) is 5.22. The summed E-state index contributed by atoms with van der Waals surface area (Å²) in [6.07, 6.45) is 5.03. The molecular weight excluding hydrogens is 320 g/mol. The number of benzene rings is 1. The molecular formula is C19H21ClN4. The van der Waals surface area contributed by atoms with E-state index in [2.05, 4.69) is 34.7 Å². The van der Waals surface area contributed by atoms with Gasteiger partial charge in [-0.2, -0.15) is 0 Å². The number of hydrogen-bond donors (Lipinski definition) is 3. The van der Waals surface area contributed by atoms with Crippen LogP contribution in [0.5, 0.6) is 0 Å². The zero-order valence-electron chi connectivity index (χ0n) is 13.6. The lowest BCUT2D eigenvalue weighted by Crippen LogP contribution is -2.56. The first kappa shape index (κ1) is 15.5. The Morgan fingerprint density at radius 2 is 2.17 bits per heavy atom. The van der Waals surface area contributed by atoms with Crippen LogP contribution in [0.1, 0.15) is 23.5 Å². The average Bonchev–Trinajstić information content (AvgIpc) is 2.51. The molecule has 0 saturated carbocycles. The van der Waals surface area contributed by atoms with E-state index < -0.39 is 0 Å². The molecule has 1 aromatic heterocycles. The second-order valence-electron chi connectivity index (χ2n) is 6.62. The molecule has 0 spiro atoms. The van der Waals surface area contributed by atoms with E-state index >= 15 is 0 Å². The minimum atomic E-state index is 0.243. The smallest absolute Gasteiger partial charge is 0.123 e. The van der Waals surface area contributed by atoms with E-state index in [1.54, 1.807) is 0 Å². The van der Waals surface area contributed by atoms with Crippen LogP contribution in [0.4, 0.5) is 5.82 Å². The number of nitrogens with one attached hydrogen (secondary N) is 2. The van der Waals surface area contributed by atoms with E-state index in [9.17, 15) is 0 Å². The molecule has 2 aliphatic rings. The summed E-state index contributed by atoms with van der Waals surface area (Å²) in [5.41, 5.74) is 9.57. The Morgan fingerprint density at radius 1 is 1.33 bits per heavy atom. The van der Waals surface area contributed by atoms with Gasteiger partial charge >= 0.3 is 0 Å². The van der Waals surface area contributed by atoms with Crippen LogP contribution >= 0.6 is 11.6 Å². The normalized spacial score (nSPS) is 20.1. The monoisotopic (exact) mass is 340 g/mol. The molecule has 4 rings (SSSR count). The average molecular weight is 341 g/mol. The van der Waals surface area contributed by atoms with E-state index in [0.29, 0.717) is 11.9 Å². The molecule has 124 valence electrons. The molecule has 1 aromatic carbocycles. The Kier molecular flexibility index (Phi) is 3.94. The van der Waals surface area contributed by atoms with Gasteiger partial charge in [-0.25, -0.2) is 4.98 Å². The largest absolute Gasteiger partial charge is 0.384 e. The lowest BCUT2D eigenvalue weighted by molar-refractivity contribution is 0.402. The van der Waals surface area contributed by atoms with Gasteiger partial charge in [0.05, 0.1) is 6.04 Å². The molecule has 1 aliphatic carbocycles. The van der Waals surface area contributed by atoms with Crippen LogP contribution in [0.25, 0.3) is 11.8 Å². The summed E-state index contributed by atoms with van der Waals surface area (Å²) in [5.74, 6) is 0.799. The van der Waals surface area contributed by atoms with Gasteiger partial charge in [-0.15, -0.1) is 0 Å². The van der Waals surface area contributed by atoms with E-state index in [-0.39, 0.29) is 5.92 Å². The fraction of sp³-hybridized carbons (Fsp3) is 0.316. The number of nitrogens with zero attached hydrogens (tertiary/aromatic N) is 1. The summed E-state index contributed by atoms with van der Waals surface area (Å²) in [7, 11) is 0. The van der Waals surface area contributed by atoms with Crippen molar-refractivity contribution in [3.63, 3.8) is 0 Å². The van der Waals surface area contributed by atoms with Gasteiger partial charge in [0, 0.05) is 41.1 Å². The number of aryl methyl sites for hydroxylation is 1. The molecule has 2 heterocycles. The van der Waals surface area contributed by atoms with Crippen LogP contribution in [-0.2, 0) is 0 Å². The zero-order chi connectivity index (χ0) is 16.7. The minimum absolute atomic E-state index is 0.243. The van der Waals surface area contributed by atoms with Gasteiger partial charge in [-0.05, 0) is 41.8 Å². The number of nitrogen functional groups attached to an aromatic ring is 1. The molecule has 4 nitrogen and oxygen atoms in total. The maximum atomic E-state index is 6.51. The Morgan fingerprint density at radius 3 is 2.88 bits per heavy atom. The van der Waals surface area contributed by atoms with E-state index in [1.807, 2.05) is 24.4 Å². The Bertz CT molecular complexity index is 882. The van der Waals surface area contributed by atoms with Crippen molar-refractivity contribution in [1.29, 1.82) is 0 Å². The standard InChI is InChI=1S/C19H21ClN4/c1-11-3-2-4-16(20)19(11)12-5-13-8-23-18(21)7-15(13)17(6-12)24-14-9-22-10-14/h2-5,7-8,12,14,22,24H,6,9-10,21H2,1H3. The number of anilines is 1. The Hall–Kier alpha value is -2.04. The highest BCUT2D eigenvalue weighted by Crippen LogP contribution is 2.34. The van der Waals surface area contributed by atoms with E-state index in [0.717, 1.165) is 35.0 Å².